The molecule has 0 aromatic carbocycles. The van der Waals surface area contributed by atoms with Crippen LogP contribution >= 0.6 is 0 Å². The number of hydrogen-bond donors (Lipinski definition) is 3. The molecule has 74 valence electrons. The topological polar surface area (TPSA) is 76.1 Å². The van der Waals surface area contributed by atoms with Gasteiger partial charge in [-0.25, -0.2) is 4.98 Å². The fourth-order valence-electron chi connectivity index (χ4n) is 1.25. The molecule has 0 aliphatic rings. The zero-order valence-electron chi connectivity index (χ0n) is 7.77. The molecule has 0 amide bonds. The minimum absolute atomic E-state index is 0.0691. The number of aliphatic hydroxyl groups excluding tert-OH is 1. The van der Waals surface area contributed by atoms with Crippen LogP contribution in [0, 0.1) is 0 Å². The average Bonchev–Trinajstić information content (AvgIpc) is 2.54. The summed E-state index contributed by atoms with van der Waals surface area (Å²) in [6.07, 6.45) is 3.51. The van der Waals surface area contributed by atoms with Crippen molar-refractivity contribution in [2.24, 2.45) is 12.8 Å². The normalized spacial score (nSPS) is 13.2. The second-order valence-corrected chi connectivity index (χ2v) is 2.90. The van der Waals surface area contributed by atoms with Crippen LogP contribution in [-0.4, -0.2) is 34.4 Å². The van der Waals surface area contributed by atoms with Crippen molar-refractivity contribution in [3.63, 3.8) is 0 Å². The Bertz CT molecular complexity index is 248. The minimum atomic E-state index is 0.0691. The van der Waals surface area contributed by atoms with Gasteiger partial charge < -0.3 is 20.7 Å². The van der Waals surface area contributed by atoms with Crippen molar-refractivity contribution >= 4 is 0 Å². The first-order valence-corrected chi connectivity index (χ1v) is 4.30. The van der Waals surface area contributed by atoms with Crippen molar-refractivity contribution in [2.45, 2.75) is 6.04 Å². The zero-order valence-corrected chi connectivity index (χ0v) is 7.77. The minimum Gasteiger partial charge on any atom is -0.395 e. The lowest BCUT2D eigenvalue weighted by Crippen LogP contribution is -2.31. The molecule has 0 saturated heterocycles. The van der Waals surface area contributed by atoms with Crippen LogP contribution in [0.15, 0.2) is 12.5 Å². The van der Waals surface area contributed by atoms with E-state index >= 15 is 0 Å². The molecule has 1 unspecified atom stereocenters. The maximum atomic E-state index is 8.65. The molecule has 0 radical (unpaired) electrons. The Balaban J connectivity index is 2.61. The van der Waals surface area contributed by atoms with Gasteiger partial charge in [0.15, 0.2) is 0 Å². The van der Waals surface area contributed by atoms with E-state index in [9.17, 15) is 0 Å². The van der Waals surface area contributed by atoms with E-state index in [2.05, 4.69) is 10.3 Å². The smallest absolute Gasteiger partial charge is 0.0946 e. The maximum Gasteiger partial charge on any atom is 0.0946 e. The summed E-state index contributed by atoms with van der Waals surface area (Å²) < 4.78 is 1.92. The molecule has 1 rings (SSSR count). The van der Waals surface area contributed by atoms with Crippen LogP contribution in [0.5, 0.6) is 0 Å². The van der Waals surface area contributed by atoms with E-state index in [0.29, 0.717) is 13.1 Å². The van der Waals surface area contributed by atoms with Crippen LogP contribution in [0.1, 0.15) is 11.7 Å². The fourth-order valence-corrected chi connectivity index (χ4v) is 1.25. The lowest BCUT2D eigenvalue weighted by Gasteiger charge is -2.16. The number of aryl methyl sites for hydroxylation is 1. The number of nitrogens with zero attached hydrogens (tertiary/aromatic N) is 2. The molecule has 0 bridgehead atoms. The summed E-state index contributed by atoms with van der Waals surface area (Å²) in [5.74, 6) is 0. The molecule has 0 fully saturated rings. The van der Waals surface area contributed by atoms with Gasteiger partial charge in [-0.15, -0.1) is 0 Å². The molecule has 1 heterocycles. The summed E-state index contributed by atoms with van der Waals surface area (Å²) in [5, 5.41) is 11.8. The number of aliphatic hydroxyl groups is 1. The van der Waals surface area contributed by atoms with Crippen molar-refractivity contribution in [1.82, 2.24) is 14.9 Å². The monoisotopic (exact) mass is 184 g/mol. The van der Waals surface area contributed by atoms with Gasteiger partial charge in [-0.2, -0.15) is 0 Å². The highest BCUT2D eigenvalue weighted by atomic mass is 16.3. The third kappa shape index (κ3) is 2.51. The second kappa shape index (κ2) is 4.96. The van der Waals surface area contributed by atoms with Crippen LogP contribution in [0.2, 0.25) is 0 Å². The van der Waals surface area contributed by atoms with Crippen molar-refractivity contribution in [3.8, 4) is 0 Å². The van der Waals surface area contributed by atoms with Gasteiger partial charge in [-0.3, -0.25) is 0 Å². The average molecular weight is 184 g/mol. The summed E-state index contributed by atoms with van der Waals surface area (Å²) >= 11 is 0. The number of rotatable bonds is 5. The first-order valence-electron chi connectivity index (χ1n) is 4.30. The predicted octanol–water partition coefficient (Wildman–Crippen LogP) is -0.998. The third-order valence-corrected chi connectivity index (χ3v) is 1.95. The lowest BCUT2D eigenvalue weighted by atomic mass is 10.2. The van der Waals surface area contributed by atoms with Crippen LogP contribution in [0.4, 0.5) is 0 Å². The van der Waals surface area contributed by atoms with Gasteiger partial charge in [0, 0.05) is 26.3 Å². The van der Waals surface area contributed by atoms with Crippen LogP contribution in [-0.2, 0) is 7.05 Å². The molecule has 1 aromatic heterocycles. The van der Waals surface area contributed by atoms with Gasteiger partial charge in [0.2, 0.25) is 0 Å². The van der Waals surface area contributed by atoms with Gasteiger partial charge in [-0.1, -0.05) is 0 Å². The molecule has 0 spiro atoms. The lowest BCUT2D eigenvalue weighted by molar-refractivity contribution is 0.284. The molecule has 13 heavy (non-hydrogen) atoms. The summed E-state index contributed by atoms with van der Waals surface area (Å²) in [7, 11) is 1.92. The highest BCUT2D eigenvalue weighted by Crippen LogP contribution is 2.08. The molecule has 1 atom stereocenters. The van der Waals surface area contributed by atoms with E-state index in [0.717, 1.165) is 5.69 Å². The van der Waals surface area contributed by atoms with Gasteiger partial charge in [0.1, 0.15) is 0 Å². The van der Waals surface area contributed by atoms with Crippen molar-refractivity contribution < 1.29 is 5.11 Å². The predicted molar refractivity (Wildman–Crippen MR) is 50.1 cm³/mol. The summed E-state index contributed by atoms with van der Waals surface area (Å²) in [5.41, 5.74) is 6.63. The van der Waals surface area contributed by atoms with Crippen molar-refractivity contribution in [2.75, 3.05) is 19.7 Å². The number of nitrogens with two attached hydrogens (primary N) is 1. The fraction of sp³-hybridized carbons (Fsp3) is 0.625. The molecular formula is C8H16N4O. The molecule has 5 heteroatoms. The quantitative estimate of drug-likeness (QED) is 0.548. The Hall–Kier alpha value is -0.910. The Labute approximate surface area is 77.6 Å². The molecule has 0 aliphatic carbocycles. The first-order chi connectivity index (χ1) is 6.29. The molecule has 1 aromatic rings. The largest absolute Gasteiger partial charge is 0.395 e. The standard InChI is InChI=1S/C8H16N4O/c1-12-6-10-5-8(12)7(4-9)11-2-3-13/h5-7,11,13H,2-4,9H2,1H3. The molecular weight excluding hydrogens is 168 g/mol. The van der Waals surface area contributed by atoms with E-state index in [-0.39, 0.29) is 12.6 Å². The highest BCUT2D eigenvalue weighted by Gasteiger charge is 2.11. The van der Waals surface area contributed by atoms with E-state index < -0.39 is 0 Å². The van der Waals surface area contributed by atoms with E-state index in [1.54, 1.807) is 12.5 Å². The van der Waals surface area contributed by atoms with E-state index in [4.69, 9.17) is 10.8 Å². The molecule has 0 aliphatic heterocycles. The third-order valence-electron chi connectivity index (χ3n) is 1.95. The van der Waals surface area contributed by atoms with Crippen LogP contribution in [0.3, 0.4) is 0 Å². The SMILES string of the molecule is Cn1cncc1C(CN)NCCO. The number of nitrogens with one attached hydrogen (secondary N) is 1. The summed E-state index contributed by atoms with van der Waals surface area (Å²) in [6, 6.07) is 0.0691. The Morgan fingerprint density at radius 1 is 1.77 bits per heavy atom. The Kier molecular flexibility index (Phi) is 3.88. The molecule has 5 nitrogen and oxygen atoms in total. The first kappa shape index (κ1) is 10.2. The summed E-state index contributed by atoms with van der Waals surface area (Å²) in [4.78, 5) is 4.00. The van der Waals surface area contributed by atoms with Gasteiger partial charge >= 0.3 is 0 Å². The highest BCUT2D eigenvalue weighted by molar-refractivity contribution is 5.05. The molecule has 0 saturated carbocycles. The number of hydrogen-bond acceptors (Lipinski definition) is 4. The second-order valence-electron chi connectivity index (χ2n) is 2.90. The van der Waals surface area contributed by atoms with Crippen LogP contribution in [0.25, 0.3) is 0 Å². The Morgan fingerprint density at radius 2 is 2.54 bits per heavy atom. The zero-order chi connectivity index (χ0) is 9.68. The molecule has 4 N–H and O–H groups in total. The Morgan fingerprint density at radius 3 is 3.00 bits per heavy atom. The number of aromatic nitrogens is 2. The van der Waals surface area contributed by atoms with Crippen molar-refractivity contribution in [1.29, 1.82) is 0 Å². The van der Waals surface area contributed by atoms with E-state index in [1.165, 1.54) is 0 Å². The van der Waals surface area contributed by atoms with E-state index in [1.807, 2.05) is 11.6 Å². The van der Waals surface area contributed by atoms with Crippen molar-refractivity contribution in [3.05, 3.63) is 18.2 Å². The van der Waals surface area contributed by atoms with Gasteiger partial charge in [0.05, 0.1) is 24.7 Å². The van der Waals surface area contributed by atoms with Gasteiger partial charge in [-0.05, 0) is 0 Å². The van der Waals surface area contributed by atoms with Gasteiger partial charge in [0.25, 0.3) is 0 Å². The maximum absolute atomic E-state index is 8.65. The van der Waals surface area contributed by atoms with Crippen LogP contribution < -0.4 is 11.1 Å². The number of imidazole rings is 1. The summed E-state index contributed by atoms with van der Waals surface area (Å²) in [6.45, 7) is 1.17.